The predicted octanol–water partition coefficient (Wildman–Crippen LogP) is 2.26. The summed E-state index contributed by atoms with van der Waals surface area (Å²) in [5.74, 6) is 0.825. The van der Waals surface area contributed by atoms with Gasteiger partial charge in [-0.3, -0.25) is 4.79 Å². The van der Waals surface area contributed by atoms with Crippen LogP contribution in [0, 0.1) is 6.92 Å². The number of nitrogens with one attached hydrogen (secondary N) is 1. The maximum Gasteiger partial charge on any atom is 0.264 e. The summed E-state index contributed by atoms with van der Waals surface area (Å²) in [4.78, 5) is 11.0. The molecule has 0 fully saturated rings. The fraction of sp³-hybridized carbons (Fsp3) is 0.143. The third-order valence-electron chi connectivity index (χ3n) is 2.59. The highest BCUT2D eigenvalue weighted by molar-refractivity contribution is 5.69. The van der Waals surface area contributed by atoms with Gasteiger partial charge in [-0.05, 0) is 36.3 Å². The Labute approximate surface area is 105 Å². The standard InChI is InChI=1S/C14H14N2O2/c1-10-9-14(17)16-15-13(10)8-5-11-3-6-12(18-2)7-4-11/h3-9H,1-2H3,(H,16,17). The summed E-state index contributed by atoms with van der Waals surface area (Å²) in [5, 5.41) is 6.40. The summed E-state index contributed by atoms with van der Waals surface area (Å²) in [6, 6.07) is 9.23. The van der Waals surface area contributed by atoms with Gasteiger partial charge in [0.15, 0.2) is 0 Å². The van der Waals surface area contributed by atoms with Gasteiger partial charge in [-0.2, -0.15) is 5.10 Å². The van der Waals surface area contributed by atoms with Gasteiger partial charge in [0.1, 0.15) is 5.75 Å². The summed E-state index contributed by atoms with van der Waals surface area (Å²) < 4.78 is 5.09. The van der Waals surface area contributed by atoms with E-state index in [2.05, 4.69) is 10.2 Å². The number of rotatable bonds is 3. The van der Waals surface area contributed by atoms with Crippen LogP contribution in [0.5, 0.6) is 5.75 Å². The number of aromatic nitrogens is 2. The van der Waals surface area contributed by atoms with Gasteiger partial charge in [0.05, 0.1) is 12.8 Å². The van der Waals surface area contributed by atoms with Gasteiger partial charge in [0, 0.05) is 6.07 Å². The number of H-pyrrole nitrogens is 1. The number of benzene rings is 1. The molecule has 0 unspecified atom stereocenters. The molecule has 0 aliphatic heterocycles. The van der Waals surface area contributed by atoms with Crippen LogP contribution in [-0.2, 0) is 0 Å². The van der Waals surface area contributed by atoms with Crippen molar-refractivity contribution in [3.05, 3.63) is 57.5 Å². The Morgan fingerprint density at radius 3 is 2.56 bits per heavy atom. The Balaban J connectivity index is 2.21. The number of ether oxygens (including phenoxy) is 1. The summed E-state index contributed by atoms with van der Waals surface area (Å²) in [7, 11) is 1.64. The molecule has 1 aromatic carbocycles. The molecule has 0 saturated carbocycles. The second-order valence-corrected chi connectivity index (χ2v) is 3.91. The molecule has 0 saturated heterocycles. The lowest BCUT2D eigenvalue weighted by Gasteiger charge is -2.00. The molecule has 92 valence electrons. The van der Waals surface area contributed by atoms with Crippen molar-refractivity contribution in [3.63, 3.8) is 0 Å². The van der Waals surface area contributed by atoms with Crippen molar-refractivity contribution < 1.29 is 4.74 Å². The van der Waals surface area contributed by atoms with E-state index in [1.807, 2.05) is 43.3 Å². The van der Waals surface area contributed by atoms with E-state index in [9.17, 15) is 4.79 Å². The molecule has 0 aliphatic carbocycles. The Morgan fingerprint density at radius 2 is 1.94 bits per heavy atom. The molecule has 0 atom stereocenters. The van der Waals surface area contributed by atoms with E-state index >= 15 is 0 Å². The second-order valence-electron chi connectivity index (χ2n) is 3.91. The smallest absolute Gasteiger partial charge is 0.264 e. The molecule has 4 nitrogen and oxygen atoms in total. The highest BCUT2D eigenvalue weighted by Gasteiger charge is 1.96. The molecule has 0 bridgehead atoms. The van der Waals surface area contributed by atoms with E-state index in [4.69, 9.17) is 4.74 Å². The number of hydrogen-bond acceptors (Lipinski definition) is 3. The van der Waals surface area contributed by atoms with Gasteiger partial charge in [-0.25, -0.2) is 5.10 Å². The van der Waals surface area contributed by atoms with E-state index < -0.39 is 0 Å². The van der Waals surface area contributed by atoms with Crippen LogP contribution in [-0.4, -0.2) is 17.3 Å². The number of nitrogens with zero attached hydrogens (tertiary/aromatic N) is 1. The minimum Gasteiger partial charge on any atom is -0.497 e. The lowest BCUT2D eigenvalue weighted by Crippen LogP contribution is -2.08. The summed E-state index contributed by atoms with van der Waals surface area (Å²) in [6.45, 7) is 1.86. The molecule has 4 heteroatoms. The van der Waals surface area contributed by atoms with Crippen LogP contribution in [0.1, 0.15) is 16.8 Å². The van der Waals surface area contributed by atoms with Crippen molar-refractivity contribution in [3.8, 4) is 5.75 Å². The zero-order chi connectivity index (χ0) is 13.0. The molecule has 2 rings (SSSR count). The number of hydrogen-bond donors (Lipinski definition) is 1. The SMILES string of the molecule is COc1ccc(C=Cc2n[nH]c(=O)cc2C)cc1. The van der Waals surface area contributed by atoms with Gasteiger partial charge in [-0.1, -0.05) is 18.2 Å². The molecule has 1 heterocycles. The van der Waals surface area contributed by atoms with Crippen LogP contribution in [0.25, 0.3) is 12.2 Å². The Bertz CT molecular complexity index is 612. The van der Waals surface area contributed by atoms with Crippen LogP contribution in [0.3, 0.4) is 0 Å². The second kappa shape index (κ2) is 5.31. The van der Waals surface area contributed by atoms with Gasteiger partial charge < -0.3 is 4.74 Å². The lowest BCUT2D eigenvalue weighted by atomic mass is 10.1. The maximum absolute atomic E-state index is 11.0. The van der Waals surface area contributed by atoms with Crippen molar-refractivity contribution in [1.29, 1.82) is 0 Å². The first kappa shape index (κ1) is 12.1. The maximum atomic E-state index is 11.0. The van der Waals surface area contributed by atoms with Crippen LogP contribution in [0.2, 0.25) is 0 Å². The minimum absolute atomic E-state index is 0.186. The van der Waals surface area contributed by atoms with Gasteiger partial charge in [0.25, 0.3) is 5.56 Å². The molecule has 2 aromatic rings. The number of aryl methyl sites for hydroxylation is 1. The van der Waals surface area contributed by atoms with E-state index in [1.54, 1.807) is 7.11 Å². The fourth-order valence-corrected chi connectivity index (χ4v) is 1.57. The first-order chi connectivity index (χ1) is 8.69. The lowest BCUT2D eigenvalue weighted by molar-refractivity contribution is 0.415. The molecular formula is C14H14N2O2. The molecule has 0 spiro atoms. The van der Waals surface area contributed by atoms with Crippen LogP contribution >= 0.6 is 0 Å². The van der Waals surface area contributed by atoms with Gasteiger partial charge in [-0.15, -0.1) is 0 Å². The van der Waals surface area contributed by atoms with E-state index in [1.165, 1.54) is 6.07 Å². The van der Waals surface area contributed by atoms with Crippen molar-refractivity contribution in [2.75, 3.05) is 7.11 Å². The average molecular weight is 242 g/mol. The molecule has 1 N–H and O–H groups in total. The van der Waals surface area contributed by atoms with E-state index in [0.717, 1.165) is 22.6 Å². The topological polar surface area (TPSA) is 55.0 Å². The van der Waals surface area contributed by atoms with Crippen LogP contribution in [0.15, 0.2) is 35.1 Å². The number of aromatic amines is 1. The van der Waals surface area contributed by atoms with Gasteiger partial charge >= 0.3 is 0 Å². The van der Waals surface area contributed by atoms with Crippen LogP contribution in [0.4, 0.5) is 0 Å². The predicted molar refractivity (Wildman–Crippen MR) is 71.5 cm³/mol. The Hall–Kier alpha value is -2.36. The molecular weight excluding hydrogens is 228 g/mol. The molecule has 18 heavy (non-hydrogen) atoms. The van der Waals surface area contributed by atoms with E-state index in [-0.39, 0.29) is 5.56 Å². The molecule has 1 aromatic heterocycles. The van der Waals surface area contributed by atoms with Gasteiger partial charge in [0.2, 0.25) is 0 Å². The Kier molecular flexibility index (Phi) is 3.57. The Morgan fingerprint density at radius 1 is 1.22 bits per heavy atom. The quantitative estimate of drug-likeness (QED) is 0.898. The normalized spacial score (nSPS) is 10.8. The van der Waals surface area contributed by atoms with Crippen molar-refractivity contribution in [2.24, 2.45) is 0 Å². The molecule has 0 aliphatic rings. The molecule has 0 amide bonds. The fourth-order valence-electron chi connectivity index (χ4n) is 1.57. The highest BCUT2D eigenvalue weighted by atomic mass is 16.5. The summed E-state index contributed by atoms with van der Waals surface area (Å²) >= 11 is 0. The molecule has 0 radical (unpaired) electrons. The highest BCUT2D eigenvalue weighted by Crippen LogP contribution is 2.13. The third-order valence-corrected chi connectivity index (χ3v) is 2.59. The first-order valence-corrected chi connectivity index (χ1v) is 5.57. The van der Waals surface area contributed by atoms with Crippen LogP contribution < -0.4 is 10.3 Å². The monoisotopic (exact) mass is 242 g/mol. The van der Waals surface area contributed by atoms with Crippen molar-refractivity contribution >= 4 is 12.2 Å². The number of methoxy groups -OCH3 is 1. The largest absolute Gasteiger partial charge is 0.497 e. The zero-order valence-corrected chi connectivity index (χ0v) is 10.3. The summed E-state index contributed by atoms with van der Waals surface area (Å²) in [5.41, 5.74) is 2.46. The average Bonchev–Trinajstić information content (AvgIpc) is 2.38. The third kappa shape index (κ3) is 2.85. The summed E-state index contributed by atoms with van der Waals surface area (Å²) in [6.07, 6.45) is 3.81. The minimum atomic E-state index is -0.186. The van der Waals surface area contributed by atoms with E-state index in [0.29, 0.717) is 0 Å². The zero-order valence-electron chi connectivity index (χ0n) is 10.3. The first-order valence-electron chi connectivity index (χ1n) is 5.57. The van der Waals surface area contributed by atoms with Crippen molar-refractivity contribution in [1.82, 2.24) is 10.2 Å². The van der Waals surface area contributed by atoms with Crippen molar-refractivity contribution in [2.45, 2.75) is 6.92 Å².